The van der Waals surface area contributed by atoms with Crippen LogP contribution < -0.4 is 14.4 Å². The van der Waals surface area contributed by atoms with Crippen molar-refractivity contribution in [3.63, 3.8) is 0 Å². The third-order valence-corrected chi connectivity index (χ3v) is 8.20. The normalized spacial score (nSPS) is 10.9. The van der Waals surface area contributed by atoms with Crippen molar-refractivity contribution in [2.75, 3.05) is 32.2 Å². The third kappa shape index (κ3) is 11.2. The topological polar surface area (TPSA) is 96.3 Å². The van der Waals surface area contributed by atoms with Crippen LogP contribution in [0.25, 0.3) is 22.3 Å². The Kier molecular flexibility index (Phi) is 13.3. The summed E-state index contributed by atoms with van der Waals surface area (Å²) in [6, 6.07) is 29.4. The standard InChI is InChI=1S/C40H47NO6/c1-29-11-8-14-32(25-29)34-26-33(30-17-19-35(20-18-30)41(2)3)27-36(28-34)46-23-7-5-4-6-12-31-13-9-15-38(37(31)21-22-40(44)45)47-24-10-16-39(42)43/h8-9,11,13-15,17-20,25-28H,4-7,10,12,16,21-24H2,1-3H3,(H,42,43)(H,44,45). The first kappa shape index (κ1) is 35.1. The Bertz CT molecular complexity index is 1610. The number of hydrogen-bond donors (Lipinski definition) is 2. The Balaban J connectivity index is 1.34. The molecular weight excluding hydrogens is 590 g/mol. The Morgan fingerprint density at radius 2 is 1.32 bits per heavy atom. The molecule has 47 heavy (non-hydrogen) atoms. The lowest BCUT2D eigenvalue weighted by atomic mass is 9.96. The van der Waals surface area contributed by atoms with Gasteiger partial charge in [-0.3, -0.25) is 9.59 Å². The van der Waals surface area contributed by atoms with Crippen molar-refractivity contribution >= 4 is 17.6 Å². The van der Waals surface area contributed by atoms with Gasteiger partial charge in [0.2, 0.25) is 0 Å². The van der Waals surface area contributed by atoms with E-state index in [9.17, 15) is 14.7 Å². The predicted molar refractivity (Wildman–Crippen MR) is 189 cm³/mol. The van der Waals surface area contributed by atoms with Crippen LogP contribution in [-0.2, 0) is 22.4 Å². The molecule has 0 aliphatic carbocycles. The molecule has 0 radical (unpaired) electrons. The van der Waals surface area contributed by atoms with E-state index in [1.165, 1.54) is 11.1 Å². The second-order valence-corrected chi connectivity index (χ2v) is 12.2. The predicted octanol–water partition coefficient (Wildman–Crippen LogP) is 8.84. The zero-order valence-electron chi connectivity index (χ0n) is 27.8. The average molecular weight is 638 g/mol. The molecule has 2 N–H and O–H groups in total. The highest BCUT2D eigenvalue weighted by Crippen LogP contribution is 2.33. The second kappa shape index (κ2) is 17.8. The van der Waals surface area contributed by atoms with Gasteiger partial charge in [0.25, 0.3) is 0 Å². The molecule has 0 saturated heterocycles. The minimum atomic E-state index is -0.856. The molecular formula is C40H47NO6. The van der Waals surface area contributed by atoms with Crippen LogP contribution in [-0.4, -0.2) is 49.5 Å². The molecule has 0 atom stereocenters. The van der Waals surface area contributed by atoms with Gasteiger partial charge in [-0.2, -0.15) is 0 Å². The molecule has 0 aromatic heterocycles. The Hall–Kier alpha value is -4.78. The van der Waals surface area contributed by atoms with E-state index in [1.807, 2.05) is 32.3 Å². The Morgan fingerprint density at radius 3 is 2.02 bits per heavy atom. The van der Waals surface area contributed by atoms with Gasteiger partial charge in [0.1, 0.15) is 11.5 Å². The van der Waals surface area contributed by atoms with Crippen LogP contribution in [0.5, 0.6) is 11.5 Å². The summed E-state index contributed by atoms with van der Waals surface area (Å²) in [6.07, 6.45) is 5.63. The number of rotatable bonds is 19. The lowest BCUT2D eigenvalue weighted by Crippen LogP contribution is -2.07. The van der Waals surface area contributed by atoms with Crippen LogP contribution >= 0.6 is 0 Å². The fraction of sp³-hybridized carbons (Fsp3) is 0.350. The first-order valence-electron chi connectivity index (χ1n) is 16.5. The lowest BCUT2D eigenvalue weighted by molar-refractivity contribution is -0.138. The maximum absolute atomic E-state index is 11.3. The Morgan fingerprint density at radius 1 is 0.638 bits per heavy atom. The van der Waals surface area contributed by atoms with Crippen LogP contribution in [0, 0.1) is 6.92 Å². The molecule has 4 rings (SSSR count). The van der Waals surface area contributed by atoms with E-state index in [0.717, 1.165) is 71.4 Å². The largest absolute Gasteiger partial charge is 0.494 e. The minimum absolute atomic E-state index is 0.0219. The summed E-state index contributed by atoms with van der Waals surface area (Å²) in [5.41, 5.74) is 8.94. The first-order valence-corrected chi connectivity index (χ1v) is 16.5. The molecule has 0 aliphatic rings. The summed E-state index contributed by atoms with van der Waals surface area (Å²) in [7, 11) is 4.09. The van der Waals surface area contributed by atoms with Crippen LogP contribution in [0.2, 0.25) is 0 Å². The second-order valence-electron chi connectivity index (χ2n) is 12.2. The zero-order chi connectivity index (χ0) is 33.6. The van der Waals surface area contributed by atoms with E-state index in [-0.39, 0.29) is 19.4 Å². The molecule has 0 fully saturated rings. The van der Waals surface area contributed by atoms with Crippen molar-refractivity contribution in [1.29, 1.82) is 0 Å². The molecule has 0 saturated carbocycles. The lowest BCUT2D eigenvalue weighted by Gasteiger charge is -2.16. The quantitative estimate of drug-likeness (QED) is 0.0992. The molecule has 7 nitrogen and oxygen atoms in total. The van der Waals surface area contributed by atoms with Gasteiger partial charge in [0, 0.05) is 32.6 Å². The molecule has 0 bridgehead atoms. The number of carbonyl (C=O) groups is 2. The molecule has 4 aromatic rings. The summed E-state index contributed by atoms with van der Waals surface area (Å²) < 4.78 is 12.2. The molecule has 0 spiro atoms. The fourth-order valence-electron chi connectivity index (χ4n) is 5.66. The number of unbranched alkanes of at least 4 members (excludes halogenated alkanes) is 3. The van der Waals surface area contributed by atoms with E-state index in [2.05, 4.69) is 78.6 Å². The van der Waals surface area contributed by atoms with Crippen molar-refractivity contribution < 1.29 is 29.3 Å². The van der Waals surface area contributed by atoms with Gasteiger partial charge in [-0.05, 0) is 109 Å². The molecule has 0 aliphatic heterocycles. The highest BCUT2D eigenvalue weighted by molar-refractivity contribution is 5.76. The number of carboxylic acid groups (broad SMARTS) is 2. The van der Waals surface area contributed by atoms with E-state index >= 15 is 0 Å². The SMILES string of the molecule is Cc1cccc(-c2cc(OCCCCCCc3cccc(OCCCC(=O)O)c3CCC(=O)O)cc(-c3ccc(N(C)C)cc3)c2)c1. The minimum Gasteiger partial charge on any atom is -0.494 e. The number of nitrogens with zero attached hydrogens (tertiary/aromatic N) is 1. The summed E-state index contributed by atoms with van der Waals surface area (Å²) in [5.74, 6) is -0.192. The first-order chi connectivity index (χ1) is 22.7. The fourth-order valence-corrected chi connectivity index (χ4v) is 5.66. The van der Waals surface area contributed by atoms with Crippen molar-refractivity contribution in [3.05, 3.63) is 102 Å². The number of benzene rings is 4. The van der Waals surface area contributed by atoms with Crippen LogP contribution in [0.15, 0.2) is 84.9 Å². The summed E-state index contributed by atoms with van der Waals surface area (Å²) in [6.45, 7) is 3.02. The number of carboxylic acids is 2. The van der Waals surface area contributed by atoms with Gasteiger partial charge in [0.15, 0.2) is 0 Å². The van der Waals surface area contributed by atoms with Gasteiger partial charge in [-0.1, -0.05) is 66.9 Å². The van der Waals surface area contributed by atoms with Crippen LogP contribution in [0.1, 0.15) is 61.6 Å². The van der Waals surface area contributed by atoms with Gasteiger partial charge < -0.3 is 24.6 Å². The monoisotopic (exact) mass is 637 g/mol. The molecule has 4 aromatic carbocycles. The summed E-state index contributed by atoms with van der Waals surface area (Å²) in [5, 5.41) is 18.2. The molecule has 0 heterocycles. The Labute approximate surface area is 278 Å². The molecule has 7 heteroatoms. The highest BCUT2D eigenvalue weighted by Gasteiger charge is 2.13. The van der Waals surface area contributed by atoms with E-state index < -0.39 is 11.9 Å². The maximum atomic E-state index is 11.3. The number of hydrogen-bond acceptors (Lipinski definition) is 5. The van der Waals surface area contributed by atoms with Crippen LogP contribution in [0.4, 0.5) is 5.69 Å². The third-order valence-electron chi connectivity index (χ3n) is 8.20. The van der Waals surface area contributed by atoms with E-state index in [4.69, 9.17) is 14.6 Å². The molecule has 0 amide bonds. The van der Waals surface area contributed by atoms with E-state index in [0.29, 0.717) is 25.2 Å². The molecule has 0 unspecified atom stereocenters. The van der Waals surface area contributed by atoms with Crippen molar-refractivity contribution in [1.82, 2.24) is 0 Å². The summed E-state index contributed by atoms with van der Waals surface area (Å²) in [4.78, 5) is 24.2. The van der Waals surface area contributed by atoms with Gasteiger partial charge in [0.05, 0.1) is 13.2 Å². The van der Waals surface area contributed by atoms with Crippen molar-refractivity contribution in [2.24, 2.45) is 0 Å². The van der Waals surface area contributed by atoms with Gasteiger partial charge in [-0.15, -0.1) is 0 Å². The molecule has 248 valence electrons. The van der Waals surface area contributed by atoms with E-state index in [1.54, 1.807) is 0 Å². The maximum Gasteiger partial charge on any atom is 0.303 e. The van der Waals surface area contributed by atoms with Gasteiger partial charge in [-0.25, -0.2) is 0 Å². The average Bonchev–Trinajstić information content (AvgIpc) is 3.05. The number of ether oxygens (including phenoxy) is 2. The smallest absolute Gasteiger partial charge is 0.303 e. The zero-order valence-corrected chi connectivity index (χ0v) is 27.8. The van der Waals surface area contributed by atoms with Crippen molar-refractivity contribution in [3.8, 4) is 33.8 Å². The van der Waals surface area contributed by atoms with Crippen molar-refractivity contribution in [2.45, 2.75) is 64.7 Å². The van der Waals surface area contributed by atoms with Crippen LogP contribution in [0.3, 0.4) is 0 Å². The number of aryl methyl sites for hydroxylation is 2. The van der Waals surface area contributed by atoms with Gasteiger partial charge >= 0.3 is 11.9 Å². The highest BCUT2D eigenvalue weighted by atomic mass is 16.5. The number of anilines is 1. The summed E-state index contributed by atoms with van der Waals surface area (Å²) >= 11 is 0. The number of aliphatic carboxylic acids is 2.